The number of hydrogen-bond donors (Lipinski definition) is 1. The van der Waals surface area contributed by atoms with Crippen molar-refractivity contribution in [1.29, 1.82) is 0 Å². The third-order valence-electron chi connectivity index (χ3n) is 0.958. The maximum Gasteiger partial charge on any atom is 0.383 e. The average molecular weight is 220 g/mol. The summed E-state index contributed by atoms with van der Waals surface area (Å²) in [5.74, 6) is 0. The highest BCUT2D eigenvalue weighted by Gasteiger charge is 2.40. The van der Waals surface area contributed by atoms with E-state index in [0.717, 1.165) is 0 Å². The molecule has 0 radical (unpaired) electrons. The van der Waals surface area contributed by atoms with Crippen LogP contribution in [-0.2, 0) is 9.47 Å². The lowest BCUT2D eigenvalue weighted by Crippen LogP contribution is -2.35. The van der Waals surface area contributed by atoms with E-state index in [1.807, 2.05) is 0 Å². The van der Waals surface area contributed by atoms with Crippen LogP contribution in [0.3, 0.4) is 0 Å². The van der Waals surface area contributed by atoms with E-state index in [1.54, 1.807) is 0 Å². The Kier molecular flexibility index (Phi) is 4.76. The van der Waals surface area contributed by atoms with E-state index < -0.39 is 24.9 Å². The summed E-state index contributed by atoms with van der Waals surface area (Å²) in [4.78, 5) is 0. The molecule has 1 unspecified atom stereocenters. The highest BCUT2D eigenvalue weighted by atomic mass is 19.3. The van der Waals surface area contributed by atoms with Crippen molar-refractivity contribution in [2.75, 3.05) is 13.2 Å². The molecule has 14 heavy (non-hydrogen) atoms. The van der Waals surface area contributed by atoms with E-state index >= 15 is 0 Å². The molecule has 0 amide bonds. The van der Waals surface area contributed by atoms with Gasteiger partial charge >= 0.3 is 12.2 Å². The number of alkyl halides is 4. The normalized spacial score (nSPS) is 15.6. The monoisotopic (exact) mass is 220 g/mol. The molecule has 0 bridgehead atoms. The second kappa shape index (κ2) is 4.90. The van der Waals surface area contributed by atoms with Crippen molar-refractivity contribution in [2.45, 2.75) is 32.2 Å². The molecule has 0 fully saturated rings. The van der Waals surface area contributed by atoms with E-state index in [1.165, 1.54) is 6.92 Å². The Balaban J connectivity index is 3.84. The first-order chi connectivity index (χ1) is 6.12. The molecular formula is C7H12F4O3. The Morgan fingerprint density at radius 2 is 1.79 bits per heavy atom. The quantitative estimate of drug-likeness (QED) is 0.691. The first-order valence-electron chi connectivity index (χ1n) is 3.84. The zero-order chi connectivity index (χ0) is 11.4. The first-order valence-corrected chi connectivity index (χ1v) is 3.84. The van der Waals surface area contributed by atoms with Crippen LogP contribution < -0.4 is 0 Å². The third kappa shape index (κ3) is 8.21. The number of halogens is 4. The number of aliphatic hydroxyl groups is 1. The minimum absolute atomic E-state index is 0.204. The van der Waals surface area contributed by atoms with E-state index in [4.69, 9.17) is 5.11 Å². The fourth-order valence-corrected chi connectivity index (χ4v) is 0.640. The largest absolute Gasteiger partial charge is 0.391 e. The minimum atomic E-state index is -4.06. The van der Waals surface area contributed by atoms with Gasteiger partial charge in [0.2, 0.25) is 0 Å². The Hall–Kier alpha value is -0.400. The van der Waals surface area contributed by atoms with Gasteiger partial charge in [-0.1, -0.05) is 0 Å². The zero-order valence-corrected chi connectivity index (χ0v) is 7.77. The van der Waals surface area contributed by atoms with Crippen molar-refractivity contribution in [1.82, 2.24) is 0 Å². The van der Waals surface area contributed by atoms with Gasteiger partial charge in [0.05, 0.1) is 12.7 Å². The Bertz CT molecular complexity index is 167. The van der Waals surface area contributed by atoms with Crippen LogP contribution in [-0.4, -0.2) is 36.6 Å². The molecule has 0 aromatic carbocycles. The molecule has 1 atom stereocenters. The highest BCUT2D eigenvalue weighted by Crippen LogP contribution is 2.26. The van der Waals surface area contributed by atoms with Crippen LogP contribution >= 0.6 is 0 Å². The van der Waals surface area contributed by atoms with Crippen molar-refractivity contribution >= 4 is 0 Å². The molecule has 0 saturated carbocycles. The predicted octanol–water partition coefficient (Wildman–Crippen LogP) is 1.61. The van der Waals surface area contributed by atoms with E-state index in [9.17, 15) is 17.6 Å². The van der Waals surface area contributed by atoms with Gasteiger partial charge in [-0.05, 0) is 6.92 Å². The second-order valence-electron chi connectivity index (χ2n) is 2.91. The van der Waals surface area contributed by atoms with Crippen LogP contribution in [0.15, 0.2) is 0 Å². The molecule has 0 rings (SSSR count). The molecule has 0 heterocycles. The molecule has 0 saturated heterocycles. The molecule has 0 aliphatic heterocycles. The number of rotatable bonds is 6. The lowest BCUT2D eigenvalue weighted by Gasteiger charge is -2.21. The van der Waals surface area contributed by atoms with Crippen LogP contribution in [0.25, 0.3) is 0 Å². The summed E-state index contributed by atoms with van der Waals surface area (Å²) in [5.41, 5.74) is 0. The molecule has 3 nitrogen and oxygen atoms in total. The summed E-state index contributed by atoms with van der Waals surface area (Å²) in [6.45, 7) is -0.168. The Morgan fingerprint density at radius 3 is 2.14 bits per heavy atom. The lowest BCUT2D eigenvalue weighted by atomic mass is 10.4. The molecule has 0 aromatic heterocycles. The molecular weight excluding hydrogens is 208 g/mol. The topological polar surface area (TPSA) is 38.7 Å². The smallest absolute Gasteiger partial charge is 0.383 e. The Morgan fingerprint density at radius 1 is 1.29 bits per heavy atom. The fraction of sp³-hybridized carbons (Fsp3) is 1.00. The predicted molar refractivity (Wildman–Crippen MR) is 39.2 cm³/mol. The molecule has 0 aromatic rings. The average Bonchev–Trinajstić information content (AvgIpc) is 1.78. The summed E-state index contributed by atoms with van der Waals surface area (Å²) in [6.07, 6.45) is -8.92. The number of hydrogen-bond acceptors (Lipinski definition) is 3. The minimum Gasteiger partial charge on any atom is -0.391 e. The van der Waals surface area contributed by atoms with Gasteiger partial charge in [-0.25, -0.2) is 0 Å². The third-order valence-corrected chi connectivity index (χ3v) is 0.958. The number of ether oxygens (including phenoxy) is 2. The molecule has 0 aliphatic carbocycles. The van der Waals surface area contributed by atoms with Crippen LogP contribution in [0.4, 0.5) is 17.6 Å². The SMILES string of the molecule is CC(O)COCC(F)(F)OC(C)(F)F. The lowest BCUT2D eigenvalue weighted by molar-refractivity contribution is -0.378. The van der Waals surface area contributed by atoms with Gasteiger partial charge in [0.15, 0.2) is 0 Å². The van der Waals surface area contributed by atoms with Gasteiger partial charge in [-0.3, -0.25) is 4.74 Å². The van der Waals surface area contributed by atoms with Crippen molar-refractivity contribution in [3.63, 3.8) is 0 Å². The summed E-state index contributed by atoms with van der Waals surface area (Å²) in [5, 5.41) is 8.62. The van der Waals surface area contributed by atoms with Gasteiger partial charge in [0, 0.05) is 6.92 Å². The van der Waals surface area contributed by atoms with Gasteiger partial charge in [0.1, 0.15) is 6.61 Å². The first kappa shape index (κ1) is 13.6. The van der Waals surface area contributed by atoms with Gasteiger partial charge < -0.3 is 9.84 Å². The Labute approximate surface area is 78.6 Å². The van der Waals surface area contributed by atoms with Crippen LogP contribution in [0.1, 0.15) is 13.8 Å². The van der Waals surface area contributed by atoms with Gasteiger partial charge in [-0.2, -0.15) is 17.6 Å². The maximum absolute atomic E-state index is 12.5. The number of aliphatic hydroxyl groups excluding tert-OH is 1. The van der Waals surface area contributed by atoms with Crippen molar-refractivity contribution in [3.8, 4) is 0 Å². The molecule has 7 heteroatoms. The summed E-state index contributed by atoms with van der Waals surface area (Å²) >= 11 is 0. The summed E-state index contributed by atoms with van der Waals surface area (Å²) in [6, 6.07) is 0. The molecule has 1 N–H and O–H groups in total. The summed E-state index contributed by atoms with van der Waals surface area (Å²) < 4.78 is 56.3. The highest BCUT2D eigenvalue weighted by molar-refractivity contribution is 4.55. The summed E-state index contributed by atoms with van der Waals surface area (Å²) in [7, 11) is 0. The molecule has 86 valence electrons. The van der Waals surface area contributed by atoms with Crippen molar-refractivity contribution in [3.05, 3.63) is 0 Å². The zero-order valence-electron chi connectivity index (χ0n) is 7.77. The van der Waals surface area contributed by atoms with E-state index in [2.05, 4.69) is 9.47 Å². The molecule has 0 spiro atoms. The van der Waals surface area contributed by atoms with E-state index in [0.29, 0.717) is 0 Å². The van der Waals surface area contributed by atoms with Crippen molar-refractivity contribution < 1.29 is 32.1 Å². The van der Waals surface area contributed by atoms with Crippen LogP contribution in [0.2, 0.25) is 0 Å². The van der Waals surface area contributed by atoms with Crippen molar-refractivity contribution in [2.24, 2.45) is 0 Å². The maximum atomic E-state index is 12.5. The second-order valence-corrected chi connectivity index (χ2v) is 2.91. The molecule has 0 aliphatic rings. The van der Waals surface area contributed by atoms with Crippen LogP contribution in [0.5, 0.6) is 0 Å². The van der Waals surface area contributed by atoms with Gasteiger partial charge in [0.25, 0.3) is 0 Å². The van der Waals surface area contributed by atoms with Crippen LogP contribution in [0, 0.1) is 0 Å². The fourth-order valence-electron chi connectivity index (χ4n) is 0.640. The standard InChI is InChI=1S/C7H12F4O3/c1-5(12)3-13-4-7(10,11)14-6(2,8)9/h5,12H,3-4H2,1-2H3. The van der Waals surface area contributed by atoms with E-state index in [-0.39, 0.29) is 13.5 Å². The van der Waals surface area contributed by atoms with Gasteiger partial charge in [-0.15, -0.1) is 0 Å².